The normalized spacial score (nSPS) is 14.1. The molecule has 1 unspecified atom stereocenters. The molecule has 3 heterocycles. The highest BCUT2D eigenvalue weighted by Crippen LogP contribution is 2.47. The molecular weight excluding hydrogens is 450 g/mol. The predicted octanol–water partition coefficient (Wildman–Crippen LogP) is 4.97. The Morgan fingerprint density at radius 1 is 0.833 bits per heavy atom. The summed E-state index contributed by atoms with van der Waals surface area (Å²) >= 11 is 0. The monoisotopic (exact) mass is 469 g/mol. The minimum Gasteiger partial charge on any atom is -0.341 e. The van der Waals surface area contributed by atoms with E-state index in [0.29, 0.717) is 16.5 Å². The number of amides is 1. The summed E-state index contributed by atoms with van der Waals surface area (Å²) in [5.74, 6) is 0.447. The number of aromatic nitrogens is 4. The third kappa shape index (κ3) is 3.06. The molecular formula is C29H19N5O2. The summed E-state index contributed by atoms with van der Waals surface area (Å²) in [6.07, 6.45) is 3.49. The Labute approximate surface area is 204 Å². The van der Waals surface area contributed by atoms with Gasteiger partial charge in [-0.2, -0.15) is 0 Å². The summed E-state index contributed by atoms with van der Waals surface area (Å²) in [5.41, 5.74) is 7.38. The van der Waals surface area contributed by atoms with Crippen molar-refractivity contribution in [1.29, 1.82) is 0 Å². The van der Waals surface area contributed by atoms with E-state index in [4.69, 9.17) is 4.98 Å². The molecule has 3 N–H and O–H groups in total. The second-order valence-corrected chi connectivity index (χ2v) is 8.83. The first kappa shape index (κ1) is 20.3. The topological polar surface area (TPSA) is 104 Å². The molecule has 1 amide bonds. The van der Waals surface area contributed by atoms with Gasteiger partial charge in [-0.1, -0.05) is 60.7 Å². The number of benzene rings is 3. The first-order valence-corrected chi connectivity index (χ1v) is 11.6. The van der Waals surface area contributed by atoms with Crippen LogP contribution in [-0.4, -0.2) is 25.8 Å². The van der Waals surface area contributed by atoms with Gasteiger partial charge in [0.15, 0.2) is 0 Å². The molecule has 0 saturated carbocycles. The van der Waals surface area contributed by atoms with Crippen LogP contribution < -0.4 is 10.9 Å². The van der Waals surface area contributed by atoms with E-state index in [1.165, 1.54) is 6.07 Å². The number of hydrogen-bond acceptors (Lipinski definition) is 4. The predicted molar refractivity (Wildman–Crippen MR) is 139 cm³/mol. The van der Waals surface area contributed by atoms with E-state index in [0.717, 1.165) is 44.7 Å². The summed E-state index contributed by atoms with van der Waals surface area (Å²) < 4.78 is 0. The van der Waals surface area contributed by atoms with Crippen LogP contribution in [0.25, 0.3) is 44.5 Å². The molecule has 3 aromatic carbocycles. The van der Waals surface area contributed by atoms with Crippen molar-refractivity contribution in [3.63, 3.8) is 0 Å². The molecule has 0 bridgehead atoms. The maximum atomic E-state index is 13.6. The summed E-state index contributed by atoms with van der Waals surface area (Å²) in [6.45, 7) is 0. The Kier molecular flexibility index (Phi) is 4.38. The average molecular weight is 470 g/mol. The third-order valence-corrected chi connectivity index (χ3v) is 6.76. The number of rotatable bonds is 3. The molecule has 1 aliphatic rings. The summed E-state index contributed by atoms with van der Waals surface area (Å²) in [5, 5.41) is 3.90. The number of nitrogens with one attached hydrogen (secondary N) is 3. The van der Waals surface area contributed by atoms with Gasteiger partial charge in [-0.15, -0.1) is 0 Å². The number of H-pyrrole nitrogens is 2. The van der Waals surface area contributed by atoms with E-state index in [2.05, 4.69) is 26.3 Å². The second-order valence-electron chi connectivity index (χ2n) is 8.83. The molecule has 0 saturated heterocycles. The van der Waals surface area contributed by atoms with Gasteiger partial charge in [0.05, 0.1) is 28.8 Å². The lowest BCUT2D eigenvalue weighted by Crippen LogP contribution is -2.29. The fraction of sp³-hybridized carbons (Fsp3) is 0.0345. The number of imidazole rings is 1. The third-order valence-electron chi connectivity index (χ3n) is 6.76. The SMILES string of the molecule is O=C(NC1c2ccccc2-c2c(-c3nc4ccncc4[nH]3)cccc21)c1cc(=O)[nH]c2ccccc12. The van der Waals surface area contributed by atoms with Crippen molar-refractivity contribution in [2.24, 2.45) is 0 Å². The summed E-state index contributed by atoms with van der Waals surface area (Å²) in [7, 11) is 0. The summed E-state index contributed by atoms with van der Waals surface area (Å²) in [4.78, 5) is 41.0. The lowest BCUT2D eigenvalue weighted by Gasteiger charge is -2.17. The molecule has 7 heteroatoms. The fourth-order valence-electron chi connectivity index (χ4n) is 5.19. The molecule has 7 rings (SSSR count). The fourth-order valence-corrected chi connectivity index (χ4v) is 5.19. The molecule has 0 aliphatic heterocycles. The van der Waals surface area contributed by atoms with Crippen LogP contribution in [0.1, 0.15) is 27.5 Å². The van der Waals surface area contributed by atoms with Gasteiger partial charge in [-0.3, -0.25) is 14.6 Å². The van der Waals surface area contributed by atoms with Crippen LogP contribution in [0.4, 0.5) is 0 Å². The molecule has 0 radical (unpaired) electrons. The van der Waals surface area contributed by atoms with E-state index in [9.17, 15) is 9.59 Å². The van der Waals surface area contributed by atoms with E-state index in [1.807, 2.05) is 60.7 Å². The number of pyridine rings is 2. The highest BCUT2D eigenvalue weighted by Gasteiger charge is 2.32. The van der Waals surface area contributed by atoms with Gasteiger partial charge in [-0.05, 0) is 34.4 Å². The van der Waals surface area contributed by atoms with Crippen molar-refractivity contribution < 1.29 is 4.79 Å². The zero-order valence-corrected chi connectivity index (χ0v) is 18.9. The Balaban J connectivity index is 1.36. The van der Waals surface area contributed by atoms with Gasteiger partial charge in [-0.25, -0.2) is 4.98 Å². The van der Waals surface area contributed by atoms with Crippen LogP contribution in [0.2, 0.25) is 0 Å². The van der Waals surface area contributed by atoms with Gasteiger partial charge in [0, 0.05) is 28.7 Å². The number of hydrogen-bond donors (Lipinski definition) is 3. The highest BCUT2D eigenvalue weighted by atomic mass is 16.2. The lowest BCUT2D eigenvalue weighted by molar-refractivity contribution is 0.0945. The smallest absolute Gasteiger partial charge is 0.252 e. The minimum absolute atomic E-state index is 0.301. The maximum absolute atomic E-state index is 13.6. The van der Waals surface area contributed by atoms with Crippen LogP contribution in [0, 0.1) is 0 Å². The van der Waals surface area contributed by atoms with Crippen molar-refractivity contribution in [3.05, 3.63) is 118 Å². The first-order chi connectivity index (χ1) is 17.7. The van der Waals surface area contributed by atoms with Crippen molar-refractivity contribution in [3.8, 4) is 22.5 Å². The minimum atomic E-state index is -0.368. The summed E-state index contributed by atoms with van der Waals surface area (Å²) in [6, 6.07) is 24.3. The van der Waals surface area contributed by atoms with Crippen molar-refractivity contribution in [2.75, 3.05) is 0 Å². The van der Waals surface area contributed by atoms with Gasteiger partial charge >= 0.3 is 0 Å². The lowest BCUT2D eigenvalue weighted by atomic mass is 9.98. The van der Waals surface area contributed by atoms with Crippen molar-refractivity contribution >= 4 is 27.8 Å². The van der Waals surface area contributed by atoms with Gasteiger partial charge in [0.2, 0.25) is 5.56 Å². The van der Waals surface area contributed by atoms with E-state index in [1.54, 1.807) is 18.5 Å². The Hall–Kier alpha value is -5.04. The number of nitrogens with zero attached hydrogens (tertiary/aromatic N) is 2. The van der Waals surface area contributed by atoms with E-state index in [-0.39, 0.29) is 17.5 Å². The number of carbonyl (C=O) groups is 1. The Morgan fingerprint density at radius 3 is 2.56 bits per heavy atom. The standard InChI is InChI=1S/C29H19N5O2/c35-25-14-21(16-6-3-4-11-22(16)31-25)29(36)34-27-18-8-2-1-7-17(18)26-19(27)9-5-10-20(26)28-32-23-12-13-30-15-24(23)33-28/h1-15,27H,(H,31,35)(H,32,33)(H,34,36). The number of fused-ring (bicyclic) bond motifs is 5. The molecule has 7 nitrogen and oxygen atoms in total. The van der Waals surface area contributed by atoms with E-state index >= 15 is 0 Å². The van der Waals surface area contributed by atoms with Gasteiger partial charge in [0.25, 0.3) is 5.91 Å². The zero-order chi connectivity index (χ0) is 24.2. The second kappa shape index (κ2) is 7.74. The van der Waals surface area contributed by atoms with Crippen LogP contribution in [0.15, 0.2) is 96.1 Å². The molecule has 1 aliphatic carbocycles. The quantitative estimate of drug-likeness (QED) is 0.341. The van der Waals surface area contributed by atoms with Gasteiger partial charge in [0.1, 0.15) is 5.82 Å². The van der Waals surface area contributed by atoms with Crippen molar-refractivity contribution in [1.82, 2.24) is 25.3 Å². The molecule has 172 valence electrons. The van der Waals surface area contributed by atoms with E-state index < -0.39 is 0 Å². The molecule has 36 heavy (non-hydrogen) atoms. The van der Waals surface area contributed by atoms with Crippen LogP contribution in [0.3, 0.4) is 0 Å². The molecule has 0 spiro atoms. The first-order valence-electron chi connectivity index (χ1n) is 11.6. The Morgan fingerprint density at radius 2 is 1.64 bits per heavy atom. The molecule has 1 atom stereocenters. The van der Waals surface area contributed by atoms with Gasteiger partial charge < -0.3 is 15.3 Å². The van der Waals surface area contributed by atoms with Crippen molar-refractivity contribution in [2.45, 2.75) is 6.04 Å². The highest BCUT2D eigenvalue weighted by molar-refractivity contribution is 6.06. The van der Waals surface area contributed by atoms with Crippen LogP contribution >= 0.6 is 0 Å². The van der Waals surface area contributed by atoms with Crippen LogP contribution in [0.5, 0.6) is 0 Å². The Bertz CT molecular complexity index is 1850. The van der Waals surface area contributed by atoms with Crippen LogP contribution in [-0.2, 0) is 0 Å². The number of carbonyl (C=O) groups excluding carboxylic acids is 1. The molecule has 3 aromatic heterocycles. The largest absolute Gasteiger partial charge is 0.341 e. The average Bonchev–Trinajstić information content (AvgIpc) is 3.48. The number of para-hydroxylation sites is 1. The maximum Gasteiger partial charge on any atom is 0.252 e. The zero-order valence-electron chi connectivity index (χ0n) is 18.9. The molecule has 6 aromatic rings. The molecule has 0 fully saturated rings. The number of aromatic amines is 2.